The summed E-state index contributed by atoms with van der Waals surface area (Å²) >= 11 is 1.07. The van der Waals surface area contributed by atoms with E-state index in [9.17, 15) is 13.6 Å². The summed E-state index contributed by atoms with van der Waals surface area (Å²) in [5, 5.41) is 8.81. The van der Waals surface area contributed by atoms with Crippen LogP contribution in [-0.2, 0) is 4.79 Å². The molecule has 0 bridgehead atoms. The Morgan fingerprint density at radius 1 is 1.19 bits per heavy atom. The normalized spacial score (nSPS) is 11.9. The fraction of sp³-hybridized carbons (Fsp3) is 0.167. The van der Waals surface area contributed by atoms with Gasteiger partial charge in [-0.2, -0.15) is 0 Å². The van der Waals surface area contributed by atoms with E-state index < -0.39 is 28.5 Å². The zero-order valence-electron chi connectivity index (χ0n) is 14.5. The molecule has 2 aromatic carbocycles. The van der Waals surface area contributed by atoms with E-state index in [1.165, 1.54) is 6.07 Å². The van der Waals surface area contributed by atoms with Gasteiger partial charge in [-0.1, -0.05) is 17.8 Å². The number of aromatic nitrogens is 3. The number of benzene rings is 2. The van der Waals surface area contributed by atoms with Crippen molar-refractivity contribution in [2.24, 2.45) is 0 Å². The van der Waals surface area contributed by atoms with Gasteiger partial charge >= 0.3 is 0 Å². The van der Waals surface area contributed by atoms with Crippen molar-refractivity contribution in [1.82, 2.24) is 15.2 Å². The van der Waals surface area contributed by atoms with Gasteiger partial charge in [-0.3, -0.25) is 9.89 Å². The lowest BCUT2D eigenvalue weighted by atomic mass is 10.2. The first-order valence-electron chi connectivity index (χ1n) is 7.96. The molecule has 3 rings (SSSR count). The lowest BCUT2D eigenvalue weighted by Crippen LogP contribution is -2.23. The maximum absolute atomic E-state index is 13.6. The van der Waals surface area contributed by atoms with Gasteiger partial charge in [-0.05, 0) is 43.3 Å². The average molecular weight is 390 g/mol. The molecule has 0 saturated carbocycles. The monoisotopic (exact) mass is 390 g/mol. The Labute approximate surface area is 158 Å². The molecular weight excluding hydrogens is 374 g/mol. The molecule has 1 amide bonds. The summed E-state index contributed by atoms with van der Waals surface area (Å²) < 4.78 is 32.4. The Balaban J connectivity index is 1.66. The van der Waals surface area contributed by atoms with E-state index in [0.717, 1.165) is 35.2 Å². The maximum Gasteiger partial charge on any atom is 0.237 e. The number of thioether (sulfide) groups is 1. The molecule has 1 atom stereocenters. The molecule has 1 heterocycles. The maximum atomic E-state index is 13.6. The van der Waals surface area contributed by atoms with Crippen LogP contribution in [0.4, 0.5) is 14.5 Å². The molecule has 0 aliphatic carbocycles. The number of para-hydroxylation sites is 1. The van der Waals surface area contributed by atoms with E-state index in [2.05, 4.69) is 20.5 Å². The van der Waals surface area contributed by atoms with Crippen LogP contribution in [0.5, 0.6) is 5.75 Å². The Kier molecular flexibility index (Phi) is 5.70. The van der Waals surface area contributed by atoms with Gasteiger partial charge in [-0.15, -0.1) is 5.10 Å². The van der Waals surface area contributed by atoms with Crippen LogP contribution in [0, 0.1) is 11.6 Å². The van der Waals surface area contributed by atoms with Crippen LogP contribution in [0.2, 0.25) is 0 Å². The number of amides is 1. The Bertz CT molecular complexity index is 927. The number of aromatic amines is 1. The molecule has 0 radical (unpaired) electrons. The van der Waals surface area contributed by atoms with E-state index >= 15 is 0 Å². The SMILES string of the molecule is COc1ccc(-c2nc(SC(C)C(=O)Nc3c(F)cccc3F)n[nH]2)cc1. The molecule has 0 spiro atoms. The number of rotatable bonds is 6. The summed E-state index contributed by atoms with van der Waals surface area (Å²) in [5.41, 5.74) is 0.338. The number of carbonyl (C=O) groups is 1. The van der Waals surface area contributed by atoms with Gasteiger partial charge in [0.1, 0.15) is 23.1 Å². The molecule has 2 N–H and O–H groups in total. The summed E-state index contributed by atoms with van der Waals surface area (Å²) in [6.07, 6.45) is 0. The first-order chi connectivity index (χ1) is 13.0. The number of anilines is 1. The number of ether oxygens (including phenoxy) is 1. The summed E-state index contributed by atoms with van der Waals surface area (Å²) in [6.45, 7) is 1.60. The zero-order chi connectivity index (χ0) is 19.4. The van der Waals surface area contributed by atoms with Gasteiger partial charge in [0, 0.05) is 5.56 Å². The number of nitrogens with one attached hydrogen (secondary N) is 2. The van der Waals surface area contributed by atoms with Crippen molar-refractivity contribution in [1.29, 1.82) is 0 Å². The fourth-order valence-electron chi connectivity index (χ4n) is 2.23. The number of carbonyl (C=O) groups excluding carboxylic acids is 1. The standard InChI is InChI=1S/C18H16F2N4O2S/c1-10(17(25)21-15-13(19)4-3-5-14(15)20)27-18-22-16(23-24-18)11-6-8-12(26-2)9-7-11/h3-10H,1-2H3,(H,21,25)(H,22,23,24). The highest BCUT2D eigenvalue weighted by molar-refractivity contribution is 8.00. The summed E-state index contributed by atoms with van der Waals surface area (Å²) in [4.78, 5) is 16.6. The average Bonchev–Trinajstić information content (AvgIpc) is 3.13. The minimum Gasteiger partial charge on any atom is -0.497 e. The molecule has 6 nitrogen and oxygen atoms in total. The molecule has 1 unspecified atom stereocenters. The van der Waals surface area contributed by atoms with Gasteiger partial charge in [-0.25, -0.2) is 13.8 Å². The molecule has 0 aliphatic rings. The van der Waals surface area contributed by atoms with Crippen LogP contribution in [0.25, 0.3) is 11.4 Å². The van der Waals surface area contributed by atoms with Crippen LogP contribution < -0.4 is 10.1 Å². The highest BCUT2D eigenvalue weighted by Gasteiger charge is 2.20. The Morgan fingerprint density at radius 3 is 2.48 bits per heavy atom. The van der Waals surface area contributed by atoms with Gasteiger partial charge in [0.2, 0.25) is 11.1 Å². The lowest BCUT2D eigenvalue weighted by molar-refractivity contribution is -0.115. The molecule has 0 fully saturated rings. The molecule has 1 aromatic heterocycles. The van der Waals surface area contributed by atoms with Crippen molar-refractivity contribution >= 4 is 23.4 Å². The number of methoxy groups -OCH3 is 1. The molecule has 0 saturated heterocycles. The van der Waals surface area contributed by atoms with E-state index in [4.69, 9.17) is 4.74 Å². The van der Waals surface area contributed by atoms with Crippen molar-refractivity contribution in [3.63, 3.8) is 0 Å². The van der Waals surface area contributed by atoms with Crippen LogP contribution in [0.15, 0.2) is 47.6 Å². The zero-order valence-corrected chi connectivity index (χ0v) is 15.3. The number of halogens is 2. The molecule has 140 valence electrons. The molecular formula is C18H16F2N4O2S. The van der Waals surface area contributed by atoms with Gasteiger partial charge < -0.3 is 10.1 Å². The van der Waals surface area contributed by atoms with E-state index in [1.807, 2.05) is 12.1 Å². The van der Waals surface area contributed by atoms with Crippen LogP contribution in [-0.4, -0.2) is 33.4 Å². The van der Waals surface area contributed by atoms with Crippen molar-refractivity contribution in [3.05, 3.63) is 54.1 Å². The van der Waals surface area contributed by atoms with E-state index in [-0.39, 0.29) is 0 Å². The predicted octanol–water partition coefficient (Wildman–Crippen LogP) is 3.88. The lowest BCUT2D eigenvalue weighted by Gasteiger charge is -2.11. The Morgan fingerprint density at radius 2 is 1.85 bits per heavy atom. The third-order valence-corrected chi connectivity index (χ3v) is 4.65. The number of hydrogen-bond acceptors (Lipinski definition) is 5. The Hall–Kier alpha value is -2.94. The van der Waals surface area contributed by atoms with Crippen molar-refractivity contribution in [2.75, 3.05) is 12.4 Å². The third kappa shape index (κ3) is 4.43. The van der Waals surface area contributed by atoms with Crippen LogP contribution >= 0.6 is 11.8 Å². The largest absolute Gasteiger partial charge is 0.497 e. The molecule has 9 heteroatoms. The summed E-state index contributed by atoms with van der Waals surface area (Å²) in [7, 11) is 1.58. The first kappa shape index (κ1) is 18.8. The van der Waals surface area contributed by atoms with E-state index in [1.54, 1.807) is 26.2 Å². The molecule has 27 heavy (non-hydrogen) atoms. The van der Waals surface area contributed by atoms with Crippen molar-refractivity contribution in [2.45, 2.75) is 17.3 Å². The van der Waals surface area contributed by atoms with Crippen LogP contribution in [0.3, 0.4) is 0 Å². The van der Waals surface area contributed by atoms with Gasteiger partial charge in [0.15, 0.2) is 5.82 Å². The predicted molar refractivity (Wildman–Crippen MR) is 98.7 cm³/mol. The number of hydrogen-bond donors (Lipinski definition) is 2. The highest BCUT2D eigenvalue weighted by Crippen LogP contribution is 2.25. The second kappa shape index (κ2) is 8.17. The minimum absolute atomic E-state index is 0.345. The van der Waals surface area contributed by atoms with E-state index in [0.29, 0.717) is 11.0 Å². The van der Waals surface area contributed by atoms with Crippen LogP contribution in [0.1, 0.15) is 6.92 Å². The minimum atomic E-state index is -0.833. The van der Waals surface area contributed by atoms with Gasteiger partial charge in [0.25, 0.3) is 0 Å². The molecule has 3 aromatic rings. The van der Waals surface area contributed by atoms with Crippen molar-refractivity contribution in [3.8, 4) is 17.1 Å². The summed E-state index contributed by atoms with van der Waals surface area (Å²) in [6, 6.07) is 10.6. The quantitative estimate of drug-likeness (QED) is 0.625. The smallest absolute Gasteiger partial charge is 0.237 e. The van der Waals surface area contributed by atoms with Crippen molar-refractivity contribution < 1.29 is 18.3 Å². The second-order valence-electron chi connectivity index (χ2n) is 5.54. The fourth-order valence-corrected chi connectivity index (χ4v) is 2.96. The first-order valence-corrected chi connectivity index (χ1v) is 8.84. The number of nitrogens with zero attached hydrogens (tertiary/aromatic N) is 2. The number of H-pyrrole nitrogens is 1. The summed E-state index contributed by atoms with van der Waals surface area (Å²) in [5.74, 6) is -0.966. The highest BCUT2D eigenvalue weighted by atomic mass is 32.2. The molecule has 0 aliphatic heterocycles. The van der Waals surface area contributed by atoms with Gasteiger partial charge in [0.05, 0.1) is 12.4 Å². The third-order valence-electron chi connectivity index (χ3n) is 3.69. The topological polar surface area (TPSA) is 79.9 Å². The second-order valence-corrected chi connectivity index (χ2v) is 6.85.